The number of piperazine rings is 1. The second-order valence-electron chi connectivity index (χ2n) is 7.40. The SMILES string of the molecule is CN1C(=O)C2C(=NC=[N+]2CCC(=O)N2CCN3CCCC3C2)N(C)C1=O. The zero-order chi connectivity index (χ0) is 18.4. The topological polar surface area (TPSA) is 79.5 Å². The fraction of sp³-hybridized carbons (Fsp3) is 0.706. The Kier molecular flexibility index (Phi) is 4.26. The van der Waals surface area contributed by atoms with E-state index in [0.29, 0.717) is 24.8 Å². The summed E-state index contributed by atoms with van der Waals surface area (Å²) in [6.07, 6.45) is 4.31. The monoisotopic (exact) mass is 361 g/mol. The van der Waals surface area contributed by atoms with Crippen LogP contribution in [-0.4, -0.2) is 113 Å². The molecular weight excluding hydrogens is 336 g/mol. The number of imide groups is 1. The molecule has 140 valence electrons. The van der Waals surface area contributed by atoms with E-state index in [9.17, 15) is 14.4 Å². The molecular formula is C17H25N6O3+. The Balaban J connectivity index is 1.36. The van der Waals surface area contributed by atoms with Crippen LogP contribution in [0.3, 0.4) is 0 Å². The zero-order valence-electron chi connectivity index (χ0n) is 15.3. The summed E-state index contributed by atoms with van der Waals surface area (Å²) < 4.78 is 1.76. The fourth-order valence-electron chi connectivity index (χ4n) is 4.33. The first-order valence-electron chi connectivity index (χ1n) is 9.21. The summed E-state index contributed by atoms with van der Waals surface area (Å²) in [6, 6.07) is -0.484. The van der Waals surface area contributed by atoms with Gasteiger partial charge in [0.15, 0.2) is 0 Å². The number of carbonyl (C=O) groups excluding carboxylic acids is 3. The molecule has 9 nitrogen and oxygen atoms in total. The van der Waals surface area contributed by atoms with Gasteiger partial charge in [0.1, 0.15) is 0 Å². The lowest BCUT2D eigenvalue weighted by Crippen LogP contribution is -2.61. The number of amides is 4. The van der Waals surface area contributed by atoms with Gasteiger partial charge in [-0.05, 0) is 24.4 Å². The Morgan fingerprint density at radius 1 is 1.23 bits per heavy atom. The van der Waals surface area contributed by atoms with Crippen LogP contribution < -0.4 is 0 Å². The number of hydrogen-bond acceptors (Lipinski definition) is 5. The molecule has 0 aromatic heterocycles. The average molecular weight is 361 g/mol. The molecule has 26 heavy (non-hydrogen) atoms. The minimum absolute atomic E-state index is 0.124. The maximum Gasteiger partial charge on any atom is 0.333 e. The van der Waals surface area contributed by atoms with Crippen molar-refractivity contribution < 1.29 is 19.0 Å². The van der Waals surface area contributed by atoms with E-state index in [0.717, 1.165) is 31.1 Å². The maximum atomic E-state index is 12.6. The molecule has 0 radical (unpaired) electrons. The first-order chi connectivity index (χ1) is 12.5. The Hall–Kier alpha value is -2.29. The van der Waals surface area contributed by atoms with Gasteiger partial charge >= 0.3 is 6.03 Å². The van der Waals surface area contributed by atoms with Gasteiger partial charge in [-0.25, -0.2) is 9.37 Å². The van der Waals surface area contributed by atoms with E-state index in [1.165, 1.54) is 24.8 Å². The molecule has 0 saturated carbocycles. The molecule has 4 rings (SSSR count). The highest BCUT2D eigenvalue weighted by Gasteiger charge is 2.50. The van der Waals surface area contributed by atoms with E-state index in [1.807, 2.05) is 4.90 Å². The largest absolute Gasteiger partial charge is 0.340 e. The quantitative estimate of drug-likeness (QED) is 0.606. The van der Waals surface area contributed by atoms with Crippen LogP contribution in [0.1, 0.15) is 19.3 Å². The average Bonchev–Trinajstić information content (AvgIpc) is 3.28. The Labute approximate surface area is 152 Å². The number of rotatable bonds is 3. The summed E-state index contributed by atoms with van der Waals surface area (Å²) in [5.41, 5.74) is 0. The first kappa shape index (κ1) is 17.1. The van der Waals surface area contributed by atoms with Gasteiger partial charge in [-0.3, -0.25) is 24.3 Å². The van der Waals surface area contributed by atoms with E-state index in [4.69, 9.17) is 0 Å². The van der Waals surface area contributed by atoms with Crippen LogP contribution in [0.25, 0.3) is 0 Å². The number of amidine groups is 1. The Bertz CT molecular complexity index is 717. The van der Waals surface area contributed by atoms with Crippen molar-refractivity contribution in [2.24, 2.45) is 4.99 Å². The van der Waals surface area contributed by atoms with Crippen LogP contribution in [0.15, 0.2) is 4.99 Å². The van der Waals surface area contributed by atoms with Gasteiger partial charge in [-0.2, -0.15) is 0 Å². The molecule has 9 heteroatoms. The van der Waals surface area contributed by atoms with E-state index >= 15 is 0 Å². The lowest BCUT2D eigenvalue weighted by Gasteiger charge is -2.37. The molecule has 4 amide bonds. The normalized spacial score (nSPS) is 28.9. The molecule has 3 fully saturated rings. The van der Waals surface area contributed by atoms with Crippen molar-refractivity contribution in [2.75, 3.05) is 46.8 Å². The van der Waals surface area contributed by atoms with Gasteiger partial charge in [0.25, 0.3) is 24.1 Å². The van der Waals surface area contributed by atoms with E-state index in [2.05, 4.69) is 9.89 Å². The zero-order valence-corrected chi connectivity index (χ0v) is 15.3. The smallest absolute Gasteiger partial charge is 0.333 e. The van der Waals surface area contributed by atoms with Crippen molar-refractivity contribution in [2.45, 2.75) is 31.3 Å². The predicted molar refractivity (Wildman–Crippen MR) is 94.1 cm³/mol. The van der Waals surface area contributed by atoms with Crippen LogP contribution in [0.4, 0.5) is 4.79 Å². The van der Waals surface area contributed by atoms with Gasteiger partial charge in [0.05, 0.1) is 13.0 Å². The molecule has 0 spiro atoms. The van der Waals surface area contributed by atoms with Crippen molar-refractivity contribution >= 4 is 30.0 Å². The molecule has 0 aromatic rings. The van der Waals surface area contributed by atoms with Gasteiger partial charge in [0, 0.05) is 39.8 Å². The third-order valence-corrected chi connectivity index (χ3v) is 5.92. The lowest BCUT2D eigenvalue weighted by molar-refractivity contribution is -0.530. The van der Waals surface area contributed by atoms with Crippen LogP contribution in [0.2, 0.25) is 0 Å². The number of likely N-dealkylation sites (N-methyl/N-ethyl adjacent to an activating group) is 2. The van der Waals surface area contributed by atoms with E-state index in [-0.39, 0.29) is 17.8 Å². The molecule has 4 heterocycles. The number of hydrogen-bond donors (Lipinski definition) is 0. The molecule has 4 aliphatic heterocycles. The van der Waals surface area contributed by atoms with E-state index < -0.39 is 6.04 Å². The number of nitrogens with zero attached hydrogens (tertiary/aromatic N) is 6. The number of fused-ring (bicyclic) bond motifs is 2. The second kappa shape index (κ2) is 6.46. The summed E-state index contributed by atoms with van der Waals surface area (Å²) in [5, 5.41) is 0. The molecule has 0 aliphatic carbocycles. The van der Waals surface area contributed by atoms with Crippen LogP contribution >= 0.6 is 0 Å². The van der Waals surface area contributed by atoms with Crippen molar-refractivity contribution in [3.05, 3.63) is 0 Å². The minimum Gasteiger partial charge on any atom is -0.340 e. The van der Waals surface area contributed by atoms with E-state index in [1.54, 1.807) is 18.0 Å². The highest BCUT2D eigenvalue weighted by Crippen LogP contribution is 2.22. The predicted octanol–water partition coefficient (Wildman–Crippen LogP) is -0.972. The lowest BCUT2D eigenvalue weighted by atomic mass is 10.1. The Morgan fingerprint density at radius 2 is 2.04 bits per heavy atom. The summed E-state index contributed by atoms with van der Waals surface area (Å²) in [7, 11) is 3.08. The van der Waals surface area contributed by atoms with Crippen molar-refractivity contribution in [3.8, 4) is 0 Å². The number of urea groups is 1. The van der Waals surface area contributed by atoms with Gasteiger partial charge in [-0.15, -0.1) is 0 Å². The van der Waals surface area contributed by atoms with Crippen molar-refractivity contribution in [3.63, 3.8) is 0 Å². The standard InChI is InChI=1S/C17H25N6O3/c1-19-15-14(16(25)20(2)17(19)26)23(11-18-15)7-5-13(24)22-9-8-21-6-3-4-12(21)10-22/h11-12,14H,3-10H2,1-2H3/q+1. The molecule has 2 atom stereocenters. The first-order valence-corrected chi connectivity index (χ1v) is 9.21. The second-order valence-corrected chi connectivity index (χ2v) is 7.40. The van der Waals surface area contributed by atoms with Gasteiger partial charge in [0.2, 0.25) is 5.91 Å². The summed E-state index contributed by atoms with van der Waals surface area (Å²) in [4.78, 5) is 48.3. The fourth-order valence-corrected chi connectivity index (χ4v) is 4.33. The molecule has 2 unspecified atom stereocenters. The van der Waals surface area contributed by atoms with Crippen LogP contribution in [0, 0.1) is 0 Å². The van der Waals surface area contributed by atoms with Crippen molar-refractivity contribution in [1.29, 1.82) is 0 Å². The molecule has 3 saturated heterocycles. The summed E-state index contributed by atoms with van der Waals surface area (Å²) >= 11 is 0. The Morgan fingerprint density at radius 3 is 2.85 bits per heavy atom. The molecule has 0 N–H and O–H groups in total. The highest BCUT2D eigenvalue weighted by molar-refractivity contribution is 6.21. The third kappa shape index (κ3) is 2.70. The highest BCUT2D eigenvalue weighted by atomic mass is 16.2. The molecule has 0 aromatic carbocycles. The van der Waals surface area contributed by atoms with Gasteiger partial charge in [-0.1, -0.05) is 0 Å². The van der Waals surface area contributed by atoms with Crippen LogP contribution in [-0.2, 0) is 9.59 Å². The molecule has 0 bridgehead atoms. The maximum absolute atomic E-state index is 12.6. The van der Waals surface area contributed by atoms with Crippen molar-refractivity contribution in [1.82, 2.24) is 19.6 Å². The third-order valence-electron chi connectivity index (χ3n) is 5.92. The summed E-state index contributed by atoms with van der Waals surface area (Å²) in [6.45, 7) is 4.12. The minimum atomic E-state index is -0.609. The molecule has 4 aliphatic rings. The number of aliphatic imine (C=N–C) groups is 1. The number of carbonyl (C=O) groups is 3. The van der Waals surface area contributed by atoms with Crippen LogP contribution in [0.5, 0.6) is 0 Å². The van der Waals surface area contributed by atoms with Gasteiger partial charge < -0.3 is 4.90 Å². The summed E-state index contributed by atoms with van der Waals surface area (Å²) in [5.74, 6) is 0.261.